The van der Waals surface area contributed by atoms with Crippen LogP contribution in [0.15, 0.2) is 24.4 Å². The van der Waals surface area contributed by atoms with E-state index < -0.39 is 0 Å². The maximum atomic E-state index is 13.4. The number of hydrogen-bond donors (Lipinski definition) is 1. The maximum Gasteiger partial charge on any atom is 0.147 e. The van der Waals surface area contributed by atoms with Gasteiger partial charge in [0, 0.05) is 11.6 Å². The summed E-state index contributed by atoms with van der Waals surface area (Å²) in [5.41, 5.74) is 2.04. The lowest BCUT2D eigenvalue weighted by Crippen LogP contribution is -2.08. The van der Waals surface area contributed by atoms with Crippen LogP contribution in [-0.2, 0) is 6.42 Å². The Kier molecular flexibility index (Phi) is 2.29. The molecule has 2 heteroatoms. The second-order valence-corrected chi connectivity index (χ2v) is 5.21. The van der Waals surface area contributed by atoms with Crippen molar-refractivity contribution >= 4 is 10.9 Å². The smallest absolute Gasteiger partial charge is 0.147 e. The van der Waals surface area contributed by atoms with Crippen molar-refractivity contribution in [3.05, 3.63) is 35.8 Å². The van der Waals surface area contributed by atoms with Crippen LogP contribution in [0.25, 0.3) is 10.9 Å². The fraction of sp³-hybridized carbons (Fsp3) is 0.385. The first-order valence-corrected chi connectivity index (χ1v) is 5.22. The summed E-state index contributed by atoms with van der Waals surface area (Å²) >= 11 is 0. The zero-order valence-electron chi connectivity index (χ0n) is 9.39. The number of benzene rings is 1. The fourth-order valence-electron chi connectivity index (χ4n) is 1.89. The van der Waals surface area contributed by atoms with Gasteiger partial charge in [-0.25, -0.2) is 4.39 Å². The van der Waals surface area contributed by atoms with Crippen LogP contribution in [0.3, 0.4) is 0 Å². The molecule has 0 saturated carbocycles. The monoisotopic (exact) mass is 205 g/mol. The summed E-state index contributed by atoms with van der Waals surface area (Å²) in [6.07, 6.45) is 2.87. The Morgan fingerprint density at radius 3 is 2.67 bits per heavy atom. The molecule has 0 bridgehead atoms. The normalized spacial score (nSPS) is 12.3. The molecule has 80 valence electrons. The molecule has 0 radical (unpaired) electrons. The molecule has 0 aliphatic carbocycles. The molecule has 0 atom stereocenters. The molecule has 0 spiro atoms. The van der Waals surface area contributed by atoms with Crippen LogP contribution in [0, 0.1) is 11.2 Å². The van der Waals surface area contributed by atoms with Crippen molar-refractivity contribution in [2.45, 2.75) is 27.2 Å². The van der Waals surface area contributed by atoms with Gasteiger partial charge in [0.1, 0.15) is 5.82 Å². The lowest BCUT2D eigenvalue weighted by atomic mass is 9.88. The number of aromatic amines is 1. The largest absolute Gasteiger partial charge is 0.359 e. The number of H-pyrrole nitrogens is 1. The minimum absolute atomic E-state index is 0.173. The van der Waals surface area contributed by atoms with E-state index in [1.54, 1.807) is 6.07 Å². The third-order valence-corrected chi connectivity index (χ3v) is 2.47. The third kappa shape index (κ3) is 2.04. The summed E-state index contributed by atoms with van der Waals surface area (Å²) in [5, 5.41) is 1.00. The van der Waals surface area contributed by atoms with Crippen LogP contribution in [0.1, 0.15) is 26.3 Å². The number of hydrogen-bond acceptors (Lipinski definition) is 0. The van der Waals surface area contributed by atoms with Gasteiger partial charge >= 0.3 is 0 Å². The number of nitrogens with one attached hydrogen (secondary N) is 1. The molecule has 0 unspecified atom stereocenters. The molecule has 1 N–H and O–H groups in total. The molecule has 0 saturated heterocycles. The van der Waals surface area contributed by atoms with Gasteiger partial charge in [-0.2, -0.15) is 0 Å². The molecule has 0 aliphatic rings. The van der Waals surface area contributed by atoms with Gasteiger partial charge in [0.2, 0.25) is 0 Å². The predicted molar refractivity (Wildman–Crippen MR) is 61.4 cm³/mol. The van der Waals surface area contributed by atoms with E-state index in [1.165, 1.54) is 11.6 Å². The average Bonchev–Trinajstić information content (AvgIpc) is 2.48. The van der Waals surface area contributed by atoms with E-state index in [9.17, 15) is 4.39 Å². The minimum atomic E-state index is -0.173. The van der Waals surface area contributed by atoms with Gasteiger partial charge in [0.25, 0.3) is 0 Å². The molecule has 15 heavy (non-hydrogen) atoms. The Hall–Kier alpha value is -1.31. The lowest BCUT2D eigenvalue weighted by molar-refractivity contribution is 0.412. The van der Waals surface area contributed by atoms with Crippen molar-refractivity contribution in [2.24, 2.45) is 5.41 Å². The summed E-state index contributed by atoms with van der Waals surface area (Å²) in [6.45, 7) is 6.56. The van der Waals surface area contributed by atoms with Gasteiger partial charge in [-0.1, -0.05) is 32.9 Å². The van der Waals surface area contributed by atoms with E-state index in [0.29, 0.717) is 5.52 Å². The highest BCUT2D eigenvalue weighted by Crippen LogP contribution is 2.27. The quantitative estimate of drug-likeness (QED) is 0.726. The van der Waals surface area contributed by atoms with Crippen LogP contribution in [-0.4, -0.2) is 4.98 Å². The zero-order valence-corrected chi connectivity index (χ0v) is 9.39. The average molecular weight is 205 g/mol. The summed E-state index contributed by atoms with van der Waals surface area (Å²) < 4.78 is 13.4. The molecule has 1 aromatic carbocycles. The Balaban J connectivity index is 2.50. The molecule has 2 aromatic rings. The number of fused-ring (bicyclic) bond motifs is 1. The van der Waals surface area contributed by atoms with Gasteiger partial charge < -0.3 is 4.98 Å². The fourth-order valence-corrected chi connectivity index (χ4v) is 1.89. The van der Waals surface area contributed by atoms with Gasteiger partial charge in [0.05, 0.1) is 5.52 Å². The number of aromatic nitrogens is 1. The topological polar surface area (TPSA) is 15.8 Å². The zero-order chi connectivity index (χ0) is 11.1. The van der Waals surface area contributed by atoms with E-state index in [1.807, 2.05) is 12.3 Å². The molecule has 0 aliphatic heterocycles. The third-order valence-electron chi connectivity index (χ3n) is 2.47. The first-order valence-electron chi connectivity index (χ1n) is 5.22. The molecule has 2 rings (SSSR count). The van der Waals surface area contributed by atoms with Crippen molar-refractivity contribution in [2.75, 3.05) is 0 Å². The Bertz CT molecular complexity index is 477. The van der Waals surface area contributed by atoms with Gasteiger partial charge in [-0.15, -0.1) is 0 Å². The highest BCUT2D eigenvalue weighted by Gasteiger charge is 2.15. The summed E-state index contributed by atoms with van der Waals surface area (Å²) in [6, 6.07) is 5.22. The van der Waals surface area contributed by atoms with E-state index in [4.69, 9.17) is 0 Å². The van der Waals surface area contributed by atoms with Crippen molar-refractivity contribution in [3.63, 3.8) is 0 Å². The standard InChI is InChI=1S/C13H16FN/c1-13(2,3)7-9-8-15-12-10(9)5-4-6-11(12)14/h4-6,8,15H,7H2,1-3H3. The SMILES string of the molecule is CC(C)(C)Cc1c[nH]c2c(F)cccc12. The Labute approximate surface area is 89.3 Å². The summed E-state index contributed by atoms with van der Waals surface area (Å²) in [7, 11) is 0. The Morgan fingerprint density at radius 2 is 2.00 bits per heavy atom. The van der Waals surface area contributed by atoms with E-state index in [0.717, 1.165) is 11.8 Å². The van der Waals surface area contributed by atoms with Crippen molar-refractivity contribution in [3.8, 4) is 0 Å². The van der Waals surface area contributed by atoms with Crippen LogP contribution < -0.4 is 0 Å². The molecule has 0 amide bonds. The number of halogens is 1. The first-order chi connectivity index (χ1) is 6.97. The van der Waals surface area contributed by atoms with Crippen molar-refractivity contribution < 1.29 is 4.39 Å². The minimum Gasteiger partial charge on any atom is -0.359 e. The van der Waals surface area contributed by atoms with E-state index in [2.05, 4.69) is 25.8 Å². The molecule has 0 fully saturated rings. The summed E-state index contributed by atoms with van der Waals surface area (Å²) in [5.74, 6) is -0.173. The van der Waals surface area contributed by atoms with Crippen LogP contribution in [0.4, 0.5) is 4.39 Å². The maximum absolute atomic E-state index is 13.4. The van der Waals surface area contributed by atoms with Gasteiger partial charge in [-0.05, 0) is 23.5 Å². The lowest BCUT2D eigenvalue weighted by Gasteiger charge is -2.17. The first kappa shape index (κ1) is 10.2. The second kappa shape index (κ2) is 3.37. The number of para-hydroxylation sites is 1. The Morgan fingerprint density at radius 1 is 1.27 bits per heavy atom. The van der Waals surface area contributed by atoms with E-state index >= 15 is 0 Å². The number of rotatable bonds is 1. The van der Waals surface area contributed by atoms with Crippen molar-refractivity contribution in [1.82, 2.24) is 4.98 Å². The molecule has 1 heterocycles. The van der Waals surface area contributed by atoms with Gasteiger partial charge in [0.15, 0.2) is 0 Å². The highest BCUT2D eigenvalue weighted by atomic mass is 19.1. The van der Waals surface area contributed by atoms with Crippen LogP contribution in [0.2, 0.25) is 0 Å². The second-order valence-electron chi connectivity index (χ2n) is 5.21. The molecule has 1 nitrogen and oxygen atoms in total. The predicted octanol–water partition coefficient (Wildman–Crippen LogP) is 3.90. The molecule has 1 aromatic heterocycles. The van der Waals surface area contributed by atoms with Crippen LogP contribution >= 0.6 is 0 Å². The van der Waals surface area contributed by atoms with Gasteiger partial charge in [-0.3, -0.25) is 0 Å². The van der Waals surface area contributed by atoms with E-state index in [-0.39, 0.29) is 11.2 Å². The van der Waals surface area contributed by atoms with Crippen LogP contribution in [0.5, 0.6) is 0 Å². The molecular weight excluding hydrogens is 189 g/mol. The summed E-state index contributed by atoms with van der Waals surface area (Å²) in [4.78, 5) is 3.00. The van der Waals surface area contributed by atoms with Crippen molar-refractivity contribution in [1.29, 1.82) is 0 Å². The molecular formula is C13H16FN. The highest BCUT2D eigenvalue weighted by molar-refractivity contribution is 5.83.